The molecule has 2 aromatic rings. The molecule has 25 heavy (non-hydrogen) atoms. The zero-order valence-corrected chi connectivity index (χ0v) is 14.4. The summed E-state index contributed by atoms with van der Waals surface area (Å²) < 4.78 is 0. The number of thiazole rings is 1. The first-order chi connectivity index (χ1) is 12.0. The number of nitrogens with one attached hydrogen (secondary N) is 2. The van der Waals surface area contributed by atoms with E-state index in [4.69, 9.17) is 0 Å². The number of benzene rings is 1. The minimum Gasteiger partial charge on any atom is -0.319 e. The molecule has 0 unspecified atom stereocenters. The molecule has 0 saturated carbocycles. The lowest BCUT2D eigenvalue weighted by Gasteiger charge is -2.22. The number of carbonyl (C=O) groups is 3. The second-order valence-corrected chi connectivity index (χ2v) is 7.44. The van der Waals surface area contributed by atoms with Crippen molar-refractivity contribution in [2.24, 2.45) is 0 Å². The number of aromatic nitrogens is 1. The summed E-state index contributed by atoms with van der Waals surface area (Å²) in [6.45, 7) is 1.55. The second kappa shape index (κ2) is 5.66. The maximum absolute atomic E-state index is 12.9. The highest BCUT2D eigenvalue weighted by molar-refractivity contribution is 7.15. The number of carbonyl (C=O) groups excluding carboxylic acids is 3. The first kappa shape index (κ1) is 15.8. The maximum Gasteiger partial charge on any atom is 0.325 e. The number of hydrogen-bond donors (Lipinski definition) is 2. The lowest BCUT2D eigenvalue weighted by molar-refractivity contribution is -0.134. The fourth-order valence-electron chi connectivity index (χ4n) is 3.45. The third kappa shape index (κ3) is 2.49. The Morgan fingerprint density at radius 3 is 2.96 bits per heavy atom. The van der Waals surface area contributed by atoms with E-state index in [1.807, 2.05) is 31.2 Å². The van der Waals surface area contributed by atoms with Gasteiger partial charge >= 0.3 is 6.03 Å². The quantitative estimate of drug-likeness (QED) is 0.820. The number of hydrogen-bond acceptors (Lipinski definition) is 5. The molecule has 1 aromatic carbocycles. The van der Waals surface area contributed by atoms with Crippen molar-refractivity contribution in [3.63, 3.8) is 0 Å². The van der Waals surface area contributed by atoms with E-state index >= 15 is 0 Å². The van der Waals surface area contributed by atoms with E-state index in [0.29, 0.717) is 11.6 Å². The van der Waals surface area contributed by atoms with Crippen molar-refractivity contribution < 1.29 is 14.4 Å². The Labute approximate surface area is 148 Å². The van der Waals surface area contributed by atoms with E-state index in [1.165, 1.54) is 11.3 Å². The number of aryl methyl sites for hydroxylation is 2. The van der Waals surface area contributed by atoms with Crippen molar-refractivity contribution in [1.82, 2.24) is 15.2 Å². The number of fused-ring (bicyclic) bond motifs is 2. The molecule has 4 rings (SSSR count). The third-order valence-corrected chi connectivity index (χ3v) is 5.42. The van der Waals surface area contributed by atoms with Gasteiger partial charge < -0.3 is 10.6 Å². The van der Waals surface area contributed by atoms with Crippen LogP contribution in [0.1, 0.15) is 22.4 Å². The molecule has 2 N–H and O–H groups in total. The predicted octanol–water partition coefficient (Wildman–Crippen LogP) is 1.78. The van der Waals surface area contributed by atoms with Gasteiger partial charge in [0, 0.05) is 11.1 Å². The molecule has 7 nitrogen and oxygen atoms in total. The van der Waals surface area contributed by atoms with E-state index in [1.54, 1.807) is 6.20 Å². The second-order valence-electron chi connectivity index (χ2n) is 6.21. The molecule has 128 valence electrons. The largest absolute Gasteiger partial charge is 0.325 e. The fourth-order valence-corrected chi connectivity index (χ4v) is 4.13. The highest BCUT2D eigenvalue weighted by Gasteiger charge is 2.55. The van der Waals surface area contributed by atoms with E-state index in [-0.39, 0.29) is 12.5 Å². The smallest absolute Gasteiger partial charge is 0.319 e. The molecule has 1 aromatic heterocycles. The Bertz CT molecular complexity index is 894. The summed E-state index contributed by atoms with van der Waals surface area (Å²) in [5.41, 5.74) is 0.846. The zero-order valence-electron chi connectivity index (χ0n) is 13.5. The first-order valence-corrected chi connectivity index (χ1v) is 8.76. The molecule has 2 aliphatic rings. The molecular formula is C17H16N4O3S. The summed E-state index contributed by atoms with van der Waals surface area (Å²) >= 11 is 1.34. The number of rotatable bonds is 3. The van der Waals surface area contributed by atoms with E-state index in [9.17, 15) is 14.4 Å². The minimum atomic E-state index is -1.04. The van der Waals surface area contributed by atoms with Crippen LogP contribution in [0.25, 0.3) is 0 Å². The Balaban J connectivity index is 1.53. The molecule has 4 amide bonds. The van der Waals surface area contributed by atoms with Gasteiger partial charge in [0.05, 0.1) is 0 Å². The molecular weight excluding hydrogens is 340 g/mol. The molecule has 0 radical (unpaired) electrons. The van der Waals surface area contributed by atoms with Crippen LogP contribution < -0.4 is 10.6 Å². The summed E-state index contributed by atoms with van der Waals surface area (Å²) in [4.78, 5) is 43.5. The van der Waals surface area contributed by atoms with Crippen LogP contribution in [0.2, 0.25) is 0 Å². The maximum atomic E-state index is 12.9. The Kier molecular flexibility index (Phi) is 3.57. The van der Waals surface area contributed by atoms with Gasteiger partial charge in [0.15, 0.2) is 5.13 Å². The topological polar surface area (TPSA) is 91.4 Å². The number of imide groups is 1. The summed E-state index contributed by atoms with van der Waals surface area (Å²) in [7, 11) is 0. The van der Waals surface area contributed by atoms with Crippen molar-refractivity contribution in [2.45, 2.75) is 25.3 Å². The highest BCUT2D eigenvalue weighted by atomic mass is 32.1. The number of nitrogens with zero attached hydrogens (tertiary/aromatic N) is 2. The third-order valence-electron chi connectivity index (χ3n) is 4.59. The average molecular weight is 356 g/mol. The van der Waals surface area contributed by atoms with Gasteiger partial charge in [0.2, 0.25) is 5.91 Å². The van der Waals surface area contributed by atoms with Gasteiger partial charge in [-0.1, -0.05) is 24.3 Å². The molecule has 1 spiro atoms. The van der Waals surface area contributed by atoms with E-state index in [2.05, 4.69) is 15.6 Å². The van der Waals surface area contributed by atoms with Crippen LogP contribution in [-0.2, 0) is 21.5 Å². The molecule has 8 heteroatoms. The minimum absolute atomic E-state index is 0.326. The van der Waals surface area contributed by atoms with Crippen molar-refractivity contribution in [3.05, 3.63) is 46.5 Å². The van der Waals surface area contributed by atoms with E-state index < -0.39 is 17.5 Å². The monoisotopic (exact) mass is 356 g/mol. The Morgan fingerprint density at radius 1 is 1.40 bits per heavy atom. The summed E-state index contributed by atoms with van der Waals surface area (Å²) in [5.74, 6) is -0.811. The molecule has 1 aliphatic heterocycles. The Morgan fingerprint density at radius 2 is 2.20 bits per heavy atom. The molecule has 0 bridgehead atoms. The van der Waals surface area contributed by atoms with Crippen molar-refractivity contribution >= 4 is 34.3 Å². The molecule has 2 heterocycles. The number of anilines is 1. The lowest BCUT2D eigenvalue weighted by atomic mass is 9.92. The van der Waals surface area contributed by atoms with Crippen LogP contribution in [0.3, 0.4) is 0 Å². The van der Waals surface area contributed by atoms with Gasteiger partial charge in [-0.3, -0.25) is 14.5 Å². The van der Waals surface area contributed by atoms with E-state index in [0.717, 1.165) is 27.3 Å². The normalized spacial score (nSPS) is 21.6. The van der Waals surface area contributed by atoms with Gasteiger partial charge in [-0.2, -0.15) is 0 Å². The first-order valence-electron chi connectivity index (χ1n) is 7.94. The van der Waals surface area contributed by atoms with Gasteiger partial charge in [-0.25, -0.2) is 9.78 Å². The SMILES string of the molecule is Cc1cnc(NC(=O)CN2C(=O)N[C@]3(CCc4ccccc43)C2=O)s1. The standard InChI is InChI=1S/C17H16N4O3S/c1-10-8-18-15(25-10)19-13(22)9-21-14(23)17(20-16(21)24)7-6-11-4-2-3-5-12(11)17/h2-5,8H,6-7,9H2,1H3,(H,20,24)(H,18,19,22)/t17-/m0/s1. The zero-order chi connectivity index (χ0) is 17.6. The number of amides is 4. The van der Waals surface area contributed by atoms with Gasteiger partial charge in [-0.05, 0) is 30.9 Å². The Hall–Kier alpha value is -2.74. The average Bonchev–Trinajstić information content (AvgIpc) is 3.22. The molecule has 1 saturated heterocycles. The molecule has 1 aliphatic carbocycles. The van der Waals surface area contributed by atoms with Crippen LogP contribution in [0.15, 0.2) is 30.5 Å². The van der Waals surface area contributed by atoms with Crippen LogP contribution in [0.5, 0.6) is 0 Å². The van der Waals surface area contributed by atoms with Crippen LogP contribution in [0, 0.1) is 6.92 Å². The van der Waals surface area contributed by atoms with Crippen LogP contribution in [-0.4, -0.2) is 34.3 Å². The fraction of sp³-hybridized carbons (Fsp3) is 0.294. The number of urea groups is 1. The van der Waals surface area contributed by atoms with Gasteiger partial charge in [-0.15, -0.1) is 11.3 Å². The van der Waals surface area contributed by atoms with Crippen LogP contribution >= 0.6 is 11.3 Å². The van der Waals surface area contributed by atoms with Crippen LogP contribution in [0.4, 0.5) is 9.93 Å². The van der Waals surface area contributed by atoms with Crippen molar-refractivity contribution in [3.8, 4) is 0 Å². The highest BCUT2D eigenvalue weighted by Crippen LogP contribution is 2.41. The summed E-state index contributed by atoms with van der Waals surface area (Å²) in [6.07, 6.45) is 2.89. The lowest BCUT2D eigenvalue weighted by Crippen LogP contribution is -2.42. The van der Waals surface area contributed by atoms with Gasteiger partial charge in [0.25, 0.3) is 5.91 Å². The molecule has 1 fully saturated rings. The molecule has 1 atom stereocenters. The summed E-state index contributed by atoms with van der Waals surface area (Å²) in [6, 6.07) is 7.06. The van der Waals surface area contributed by atoms with Crippen molar-refractivity contribution in [2.75, 3.05) is 11.9 Å². The van der Waals surface area contributed by atoms with Crippen molar-refractivity contribution in [1.29, 1.82) is 0 Å². The summed E-state index contributed by atoms with van der Waals surface area (Å²) in [5, 5.41) is 5.88. The van der Waals surface area contributed by atoms with Gasteiger partial charge in [0.1, 0.15) is 12.1 Å². The predicted molar refractivity (Wildman–Crippen MR) is 92.2 cm³/mol.